The summed E-state index contributed by atoms with van der Waals surface area (Å²) >= 11 is 0. The van der Waals surface area contributed by atoms with Gasteiger partial charge in [-0.15, -0.1) is 0 Å². The molecule has 0 aliphatic carbocycles. The van der Waals surface area contributed by atoms with E-state index in [0.717, 1.165) is 4.48 Å². The number of aromatic hydroxyl groups is 1. The molecule has 158 valence electrons. The van der Waals surface area contributed by atoms with Gasteiger partial charge in [-0.1, -0.05) is 102 Å². The van der Waals surface area contributed by atoms with Crippen LogP contribution in [0.1, 0.15) is 96.8 Å². The number of para-hydroxylation sites is 1. The van der Waals surface area contributed by atoms with Crippen molar-refractivity contribution < 1.29 is 9.59 Å². The molecule has 1 aromatic rings. The maximum atomic E-state index is 8.63. The molecule has 0 aliphatic rings. The highest BCUT2D eigenvalue weighted by Gasteiger charge is 2.04. The minimum Gasteiger partial charge on any atom is -0.508 e. The lowest BCUT2D eigenvalue weighted by atomic mass is 10.0. The molecule has 0 heterocycles. The molecule has 0 fully saturated rings. The molecule has 0 unspecified atom stereocenters. The molecule has 0 aliphatic heterocycles. The van der Waals surface area contributed by atoms with Crippen LogP contribution >= 0.6 is 0 Å². The molecule has 0 atom stereocenters. The van der Waals surface area contributed by atoms with E-state index in [9.17, 15) is 0 Å². The average molecular weight is 379 g/mol. The minimum atomic E-state index is 0.322. The van der Waals surface area contributed by atoms with Gasteiger partial charge in [0.05, 0.1) is 27.7 Å². The number of unbranched alkanes of at least 4 members (excludes halogenated alkanes) is 13. The topological polar surface area (TPSA) is 20.2 Å². The van der Waals surface area contributed by atoms with Crippen molar-refractivity contribution in [1.29, 1.82) is 0 Å². The van der Waals surface area contributed by atoms with Crippen molar-refractivity contribution in [1.82, 2.24) is 0 Å². The molecule has 0 saturated heterocycles. The lowest BCUT2D eigenvalue weighted by Gasteiger charge is -2.23. The molecular formula is C25H48NO+. The van der Waals surface area contributed by atoms with Gasteiger partial charge in [-0.05, 0) is 25.0 Å². The predicted molar refractivity (Wildman–Crippen MR) is 121 cm³/mol. The lowest BCUT2D eigenvalue weighted by Crippen LogP contribution is -2.35. The zero-order valence-corrected chi connectivity index (χ0v) is 18.9. The lowest BCUT2D eigenvalue weighted by molar-refractivity contribution is -0.870. The quantitative estimate of drug-likeness (QED) is 0.246. The molecular weight excluding hydrogens is 330 g/mol. The Morgan fingerprint density at radius 3 is 1.26 bits per heavy atom. The average Bonchev–Trinajstić information content (AvgIpc) is 2.62. The Bertz CT molecular complexity index is 397. The highest BCUT2D eigenvalue weighted by molar-refractivity contribution is 5.18. The fourth-order valence-corrected chi connectivity index (χ4v) is 3.21. The second-order valence-corrected chi connectivity index (χ2v) is 8.95. The Hall–Kier alpha value is -1.02. The number of rotatable bonds is 15. The molecule has 1 N–H and O–H groups in total. The highest BCUT2D eigenvalue weighted by Crippen LogP contribution is 2.13. The van der Waals surface area contributed by atoms with Crippen LogP contribution < -0.4 is 0 Å². The van der Waals surface area contributed by atoms with Crippen molar-refractivity contribution in [2.45, 2.75) is 96.8 Å². The normalized spacial score (nSPS) is 11.1. The van der Waals surface area contributed by atoms with Crippen LogP contribution in [0.5, 0.6) is 5.75 Å². The van der Waals surface area contributed by atoms with Crippen LogP contribution in [0.2, 0.25) is 0 Å². The fraction of sp³-hybridized carbons (Fsp3) is 0.760. The Morgan fingerprint density at radius 1 is 0.593 bits per heavy atom. The molecule has 0 bridgehead atoms. The standard InChI is InChI=1S/C19H42N.C6H6O/c1-5-6-7-8-9-10-11-12-13-14-15-16-17-18-19-20(2,3)4;7-6-4-2-1-3-5-6/h5-19H2,1-4H3;1-5,7H/q+1;. The first-order valence-corrected chi connectivity index (χ1v) is 11.5. The number of quaternary nitrogens is 1. The second kappa shape index (κ2) is 18.3. The van der Waals surface area contributed by atoms with Gasteiger partial charge in [0, 0.05) is 0 Å². The third-order valence-corrected chi connectivity index (χ3v) is 4.94. The van der Waals surface area contributed by atoms with Gasteiger partial charge in [0.25, 0.3) is 0 Å². The maximum Gasteiger partial charge on any atom is 0.115 e. The summed E-state index contributed by atoms with van der Waals surface area (Å²) in [7, 11) is 6.88. The van der Waals surface area contributed by atoms with Crippen LogP contribution in [-0.2, 0) is 0 Å². The van der Waals surface area contributed by atoms with E-state index in [1.54, 1.807) is 24.3 Å². The van der Waals surface area contributed by atoms with E-state index in [0.29, 0.717) is 5.75 Å². The van der Waals surface area contributed by atoms with E-state index < -0.39 is 0 Å². The first-order valence-electron chi connectivity index (χ1n) is 11.5. The van der Waals surface area contributed by atoms with Gasteiger partial charge in [-0.25, -0.2) is 0 Å². The Morgan fingerprint density at radius 2 is 0.963 bits per heavy atom. The SMILES string of the molecule is CCCCCCCCCCCCCCCC[N+](C)(C)C.Oc1ccccc1. The monoisotopic (exact) mass is 378 g/mol. The summed E-state index contributed by atoms with van der Waals surface area (Å²) in [6, 6.07) is 8.71. The third kappa shape index (κ3) is 22.9. The van der Waals surface area contributed by atoms with Gasteiger partial charge in [-0.2, -0.15) is 0 Å². The first kappa shape index (κ1) is 26.0. The summed E-state index contributed by atoms with van der Waals surface area (Å²) in [5.74, 6) is 0.322. The van der Waals surface area contributed by atoms with Crippen molar-refractivity contribution in [2.24, 2.45) is 0 Å². The Labute approximate surface area is 170 Å². The number of phenols is 1. The molecule has 1 aromatic carbocycles. The molecule has 2 heteroatoms. The van der Waals surface area contributed by atoms with E-state index in [2.05, 4.69) is 28.1 Å². The van der Waals surface area contributed by atoms with Gasteiger partial charge in [0.1, 0.15) is 5.75 Å². The van der Waals surface area contributed by atoms with Gasteiger partial charge >= 0.3 is 0 Å². The van der Waals surface area contributed by atoms with Crippen molar-refractivity contribution in [3.05, 3.63) is 30.3 Å². The number of nitrogens with zero attached hydrogens (tertiary/aromatic N) is 1. The summed E-state index contributed by atoms with van der Waals surface area (Å²) in [5, 5.41) is 8.63. The van der Waals surface area contributed by atoms with Crippen LogP contribution in [-0.4, -0.2) is 37.3 Å². The van der Waals surface area contributed by atoms with E-state index >= 15 is 0 Å². The largest absolute Gasteiger partial charge is 0.508 e. The van der Waals surface area contributed by atoms with Crippen LogP contribution in [0.4, 0.5) is 0 Å². The summed E-state index contributed by atoms with van der Waals surface area (Å²) in [4.78, 5) is 0. The first-order chi connectivity index (χ1) is 13.0. The number of hydrogen-bond acceptors (Lipinski definition) is 1. The van der Waals surface area contributed by atoms with Crippen LogP contribution in [0.3, 0.4) is 0 Å². The number of phenolic OH excluding ortho intramolecular Hbond substituents is 1. The van der Waals surface area contributed by atoms with E-state index in [-0.39, 0.29) is 0 Å². The molecule has 1 rings (SSSR count). The van der Waals surface area contributed by atoms with Crippen molar-refractivity contribution in [2.75, 3.05) is 27.7 Å². The molecule has 0 spiro atoms. The molecule has 0 amide bonds. The van der Waals surface area contributed by atoms with Gasteiger partial charge in [0.15, 0.2) is 0 Å². The highest BCUT2D eigenvalue weighted by atomic mass is 16.3. The smallest absolute Gasteiger partial charge is 0.115 e. The zero-order chi connectivity index (χ0) is 20.2. The summed E-state index contributed by atoms with van der Waals surface area (Å²) in [6.45, 7) is 3.63. The molecule has 2 nitrogen and oxygen atoms in total. The predicted octanol–water partition coefficient (Wildman–Crippen LogP) is 7.57. The second-order valence-electron chi connectivity index (χ2n) is 8.95. The Kier molecular flexibility index (Phi) is 17.7. The van der Waals surface area contributed by atoms with E-state index in [1.807, 2.05) is 6.07 Å². The maximum absolute atomic E-state index is 8.63. The molecule has 0 aromatic heterocycles. The summed E-state index contributed by atoms with van der Waals surface area (Å²) in [6.07, 6.45) is 20.4. The van der Waals surface area contributed by atoms with Crippen molar-refractivity contribution in [3.63, 3.8) is 0 Å². The van der Waals surface area contributed by atoms with Gasteiger partial charge in [0.2, 0.25) is 0 Å². The number of benzene rings is 1. The molecule has 0 radical (unpaired) electrons. The fourth-order valence-electron chi connectivity index (χ4n) is 3.21. The zero-order valence-electron chi connectivity index (χ0n) is 18.9. The van der Waals surface area contributed by atoms with Crippen LogP contribution in [0.15, 0.2) is 30.3 Å². The van der Waals surface area contributed by atoms with Gasteiger partial charge in [-0.3, -0.25) is 0 Å². The van der Waals surface area contributed by atoms with Gasteiger partial charge < -0.3 is 9.59 Å². The van der Waals surface area contributed by atoms with E-state index in [1.165, 1.54) is 96.4 Å². The summed E-state index contributed by atoms with van der Waals surface area (Å²) < 4.78 is 1.12. The third-order valence-electron chi connectivity index (χ3n) is 4.94. The van der Waals surface area contributed by atoms with E-state index in [4.69, 9.17) is 5.11 Å². The summed E-state index contributed by atoms with van der Waals surface area (Å²) in [5.41, 5.74) is 0. The van der Waals surface area contributed by atoms with Crippen molar-refractivity contribution in [3.8, 4) is 5.75 Å². The van der Waals surface area contributed by atoms with Crippen molar-refractivity contribution >= 4 is 0 Å². The number of hydrogen-bond donors (Lipinski definition) is 1. The molecule has 0 saturated carbocycles. The minimum absolute atomic E-state index is 0.322. The molecule has 27 heavy (non-hydrogen) atoms. The van der Waals surface area contributed by atoms with Crippen LogP contribution in [0.25, 0.3) is 0 Å². The Balaban J connectivity index is 0.000000797. The van der Waals surface area contributed by atoms with Crippen LogP contribution in [0, 0.1) is 0 Å².